The van der Waals surface area contributed by atoms with Crippen LogP contribution in [0.3, 0.4) is 0 Å². The third-order valence-corrected chi connectivity index (χ3v) is 3.46. The number of benzene rings is 2. The molecule has 6 heteroatoms. The Morgan fingerprint density at radius 3 is 2.15 bits per heavy atom. The number of ether oxygens (including phenoxy) is 1. The van der Waals surface area contributed by atoms with E-state index in [1.807, 2.05) is 6.07 Å². The number of rotatable bonds is 5. The average molecular weight is 292 g/mol. The summed E-state index contributed by atoms with van der Waals surface area (Å²) >= 11 is 0. The normalized spacial score (nSPS) is 11.1. The lowest BCUT2D eigenvalue weighted by atomic mass is 10.1. The zero-order chi connectivity index (χ0) is 14.6. The molecule has 0 aliphatic heterocycles. The van der Waals surface area contributed by atoms with E-state index in [9.17, 15) is 13.2 Å². The van der Waals surface area contributed by atoms with Gasteiger partial charge in [-0.1, -0.05) is 30.3 Å². The maximum Gasteiger partial charge on any atom is 0.294 e. The van der Waals surface area contributed by atoms with Crippen LogP contribution in [0.25, 0.3) is 0 Å². The SMILES string of the molecule is O=C(COc1ccc(S(=O)(=O)O)cc1)c1ccccc1. The monoisotopic (exact) mass is 292 g/mol. The summed E-state index contributed by atoms with van der Waals surface area (Å²) in [6, 6.07) is 13.9. The Kier molecular flexibility index (Phi) is 4.16. The van der Waals surface area contributed by atoms with Crippen molar-refractivity contribution in [3.63, 3.8) is 0 Å². The van der Waals surface area contributed by atoms with Crippen molar-refractivity contribution in [1.82, 2.24) is 0 Å². The molecular weight excluding hydrogens is 280 g/mol. The highest BCUT2D eigenvalue weighted by atomic mass is 32.2. The lowest BCUT2D eigenvalue weighted by Gasteiger charge is -2.06. The van der Waals surface area contributed by atoms with Gasteiger partial charge in [-0.2, -0.15) is 8.42 Å². The summed E-state index contributed by atoms with van der Waals surface area (Å²) in [6.45, 7) is -0.144. The predicted molar refractivity (Wildman–Crippen MR) is 72.5 cm³/mol. The molecule has 2 aromatic rings. The number of hydrogen-bond donors (Lipinski definition) is 1. The molecule has 1 N–H and O–H groups in total. The predicted octanol–water partition coefficient (Wildman–Crippen LogP) is 2.20. The number of Topliss-reactive ketones (excluding diaryl/α,β-unsaturated/α-hetero) is 1. The first-order chi connectivity index (χ1) is 9.47. The molecule has 0 radical (unpaired) electrons. The standard InChI is InChI=1S/C14H12O5S/c15-14(11-4-2-1-3-5-11)10-19-12-6-8-13(9-7-12)20(16,17)18/h1-9H,10H2,(H,16,17,18). The van der Waals surface area contributed by atoms with Gasteiger partial charge in [0.05, 0.1) is 4.90 Å². The van der Waals surface area contributed by atoms with Crippen molar-refractivity contribution in [2.24, 2.45) is 0 Å². The van der Waals surface area contributed by atoms with E-state index in [0.717, 1.165) is 0 Å². The highest BCUT2D eigenvalue weighted by molar-refractivity contribution is 7.85. The van der Waals surface area contributed by atoms with Crippen molar-refractivity contribution < 1.29 is 22.5 Å². The molecule has 0 amide bonds. The van der Waals surface area contributed by atoms with E-state index in [0.29, 0.717) is 11.3 Å². The molecule has 0 aliphatic carbocycles. The minimum Gasteiger partial charge on any atom is -0.485 e. The van der Waals surface area contributed by atoms with E-state index in [4.69, 9.17) is 9.29 Å². The first-order valence-electron chi connectivity index (χ1n) is 5.75. The number of carbonyl (C=O) groups excluding carboxylic acids is 1. The molecule has 0 aliphatic rings. The Morgan fingerprint density at radius 2 is 1.60 bits per heavy atom. The van der Waals surface area contributed by atoms with Crippen molar-refractivity contribution in [3.8, 4) is 5.75 Å². The topological polar surface area (TPSA) is 80.7 Å². The van der Waals surface area contributed by atoms with Crippen LogP contribution in [-0.2, 0) is 10.1 Å². The van der Waals surface area contributed by atoms with Gasteiger partial charge in [-0.15, -0.1) is 0 Å². The van der Waals surface area contributed by atoms with E-state index >= 15 is 0 Å². The van der Waals surface area contributed by atoms with Crippen molar-refractivity contribution in [2.75, 3.05) is 6.61 Å². The van der Waals surface area contributed by atoms with E-state index < -0.39 is 10.1 Å². The van der Waals surface area contributed by atoms with Crippen LogP contribution in [0.2, 0.25) is 0 Å². The molecule has 0 fully saturated rings. The van der Waals surface area contributed by atoms with Gasteiger partial charge in [-0.05, 0) is 24.3 Å². The number of hydrogen-bond acceptors (Lipinski definition) is 4. The van der Waals surface area contributed by atoms with E-state index in [1.165, 1.54) is 24.3 Å². The van der Waals surface area contributed by atoms with E-state index in [1.54, 1.807) is 24.3 Å². The molecule has 0 spiro atoms. The lowest BCUT2D eigenvalue weighted by molar-refractivity contribution is 0.0921. The highest BCUT2D eigenvalue weighted by Gasteiger charge is 2.10. The maximum absolute atomic E-state index is 11.8. The molecule has 5 nitrogen and oxygen atoms in total. The molecule has 20 heavy (non-hydrogen) atoms. The fourth-order valence-corrected chi connectivity index (χ4v) is 2.04. The van der Waals surface area contributed by atoms with Gasteiger partial charge >= 0.3 is 0 Å². The highest BCUT2D eigenvalue weighted by Crippen LogP contribution is 2.16. The van der Waals surface area contributed by atoms with Crippen LogP contribution in [0, 0.1) is 0 Å². The van der Waals surface area contributed by atoms with Gasteiger partial charge in [-0.25, -0.2) is 0 Å². The van der Waals surface area contributed by atoms with Crippen LogP contribution >= 0.6 is 0 Å². The Bertz CT molecular complexity index is 690. The molecule has 0 saturated carbocycles. The third-order valence-electron chi connectivity index (χ3n) is 2.59. The fourth-order valence-electron chi connectivity index (χ4n) is 1.56. The Labute approximate surface area is 116 Å². The van der Waals surface area contributed by atoms with Gasteiger partial charge in [0.1, 0.15) is 5.75 Å². The lowest BCUT2D eigenvalue weighted by Crippen LogP contribution is -2.11. The third kappa shape index (κ3) is 3.66. The summed E-state index contributed by atoms with van der Waals surface area (Å²) in [5, 5.41) is 0. The van der Waals surface area contributed by atoms with Gasteiger partial charge in [0.2, 0.25) is 0 Å². The van der Waals surface area contributed by atoms with Gasteiger partial charge in [-0.3, -0.25) is 9.35 Å². The Hall–Kier alpha value is -2.18. The summed E-state index contributed by atoms with van der Waals surface area (Å²) in [5.41, 5.74) is 0.544. The first-order valence-corrected chi connectivity index (χ1v) is 7.19. The molecule has 2 rings (SSSR count). The zero-order valence-electron chi connectivity index (χ0n) is 10.4. The van der Waals surface area contributed by atoms with Crippen LogP contribution in [0.4, 0.5) is 0 Å². The molecule has 0 heterocycles. The van der Waals surface area contributed by atoms with E-state index in [-0.39, 0.29) is 17.3 Å². The molecule has 0 aromatic heterocycles. The second-order valence-electron chi connectivity index (χ2n) is 4.02. The summed E-state index contributed by atoms with van der Waals surface area (Å²) in [4.78, 5) is 11.6. The number of ketones is 1. The van der Waals surface area contributed by atoms with Gasteiger partial charge < -0.3 is 4.74 Å². The summed E-state index contributed by atoms with van der Waals surface area (Å²) in [6.07, 6.45) is 0. The molecular formula is C14H12O5S. The minimum absolute atomic E-state index is 0.144. The van der Waals surface area contributed by atoms with Crippen LogP contribution in [-0.4, -0.2) is 25.4 Å². The van der Waals surface area contributed by atoms with Crippen molar-refractivity contribution in [1.29, 1.82) is 0 Å². The fraction of sp³-hybridized carbons (Fsp3) is 0.0714. The maximum atomic E-state index is 11.8. The van der Waals surface area contributed by atoms with Crippen LogP contribution in [0.1, 0.15) is 10.4 Å². The Balaban J connectivity index is 2.00. The van der Waals surface area contributed by atoms with Crippen LogP contribution < -0.4 is 4.74 Å². The largest absolute Gasteiger partial charge is 0.485 e. The summed E-state index contributed by atoms with van der Waals surface area (Å²) in [5.74, 6) is 0.172. The van der Waals surface area contributed by atoms with Gasteiger partial charge in [0, 0.05) is 5.56 Å². The summed E-state index contributed by atoms with van der Waals surface area (Å²) < 4.78 is 35.8. The quantitative estimate of drug-likeness (QED) is 0.675. The first kappa shape index (κ1) is 14.2. The molecule has 104 valence electrons. The second-order valence-corrected chi connectivity index (χ2v) is 5.45. The molecule has 2 aromatic carbocycles. The van der Waals surface area contributed by atoms with Crippen LogP contribution in [0.5, 0.6) is 5.75 Å². The minimum atomic E-state index is -4.22. The van der Waals surface area contributed by atoms with Crippen molar-refractivity contribution in [2.45, 2.75) is 4.90 Å². The zero-order valence-corrected chi connectivity index (χ0v) is 11.2. The Morgan fingerprint density at radius 1 is 1.00 bits per heavy atom. The van der Waals surface area contributed by atoms with Crippen molar-refractivity contribution >= 4 is 15.9 Å². The second kappa shape index (κ2) is 5.85. The molecule has 0 bridgehead atoms. The summed E-state index contributed by atoms with van der Waals surface area (Å²) in [7, 11) is -4.22. The van der Waals surface area contributed by atoms with Crippen LogP contribution in [0.15, 0.2) is 59.5 Å². The smallest absolute Gasteiger partial charge is 0.294 e. The molecule has 0 unspecified atom stereocenters. The average Bonchev–Trinajstić information content (AvgIpc) is 2.45. The van der Waals surface area contributed by atoms with E-state index in [2.05, 4.69) is 0 Å². The van der Waals surface area contributed by atoms with Gasteiger partial charge in [0.25, 0.3) is 10.1 Å². The molecule has 0 saturated heterocycles. The number of carbonyl (C=O) groups is 1. The molecule has 0 atom stereocenters. The van der Waals surface area contributed by atoms with Gasteiger partial charge in [0.15, 0.2) is 12.4 Å². The van der Waals surface area contributed by atoms with Crippen molar-refractivity contribution in [3.05, 3.63) is 60.2 Å².